The molecular formula is C14H17N5O2S. The number of hydrogen-bond acceptors (Lipinski definition) is 8. The van der Waals surface area contributed by atoms with Crippen LogP contribution in [-0.4, -0.2) is 26.7 Å². The van der Waals surface area contributed by atoms with E-state index in [0.717, 1.165) is 10.5 Å². The van der Waals surface area contributed by atoms with Gasteiger partial charge >= 0.3 is 5.97 Å². The molecule has 0 amide bonds. The molecule has 7 nitrogen and oxygen atoms in total. The zero-order valence-electron chi connectivity index (χ0n) is 12.4. The van der Waals surface area contributed by atoms with Gasteiger partial charge in [0.25, 0.3) is 0 Å². The monoisotopic (exact) mass is 319 g/mol. The van der Waals surface area contributed by atoms with Gasteiger partial charge in [-0.3, -0.25) is 4.79 Å². The summed E-state index contributed by atoms with van der Waals surface area (Å²) in [6, 6.07) is 6.08. The van der Waals surface area contributed by atoms with Gasteiger partial charge < -0.3 is 16.2 Å². The van der Waals surface area contributed by atoms with Gasteiger partial charge in [0.05, 0.1) is 5.75 Å². The normalized spacial score (nSPS) is 10.5. The Balaban J connectivity index is 1.85. The van der Waals surface area contributed by atoms with Crippen molar-refractivity contribution in [3.05, 3.63) is 35.2 Å². The highest BCUT2D eigenvalue weighted by molar-refractivity contribution is 8.00. The third-order valence-corrected chi connectivity index (χ3v) is 3.90. The number of thioether (sulfide) groups is 1. The Labute approximate surface area is 132 Å². The van der Waals surface area contributed by atoms with E-state index in [0.29, 0.717) is 0 Å². The van der Waals surface area contributed by atoms with Gasteiger partial charge in [0.2, 0.25) is 11.9 Å². The summed E-state index contributed by atoms with van der Waals surface area (Å²) in [5.74, 6) is 0.0868. The summed E-state index contributed by atoms with van der Waals surface area (Å²) in [6.45, 7) is 3.96. The number of hydrogen-bond donors (Lipinski definition) is 2. The van der Waals surface area contributed by atoms with Crippen molar-refractivity contribution < 1.29 is 9.53 Å². The van der Waals surface area contributed by atoms with E-state index in [9.17, 15) is 4.79 Å². The number of aryl methyl sites for hydroxylation is 2. The number of ether oxygens (including phenoxy) is 1. The van der Waals surface area contributed by atoms with Gasteiger partial charge in [-0.05, 0) is 25.5 Å². The number of anilines is 2. The minimum atomic E-state index is -0.359. The molecule has 0 fully saturated rings. The van der Waals surface area contributed by atoms with Crippen LogP contribution in [0.15, 0.2) is 23.1 Å². The SMILES string of the molecule is Cc1ccc(SCC(=O)OCc2nc(N)nc(N)n2)c(C)c1. The van der Waals surface area contributed by atoms with E-state index in [4.69, 9.17) is 16.2 Å². The predicted octanol–water partition coefficient (Wildman–Crippen LogP) is 1.49. The largest absolute Gasteiger partial charge is 0.457 e. The molecule has 1 aromatic heterocycles. The van der Waals surface area contributed by atoms with E-state index in [1.807, 2.05) is 26.0 Å². The van der Waals surface area contributed by atoms with Gasteiger partial charge in [0, 0.05) is 4.90 Å². The van der Waals surface area contributed by atoms with Crippen molar-refractivity contribution in [3.63, 3.8) is 0 Å². The van der Waals surface area contributed by atoms with E-state index in [2.05, 4.69) is 21.0 Å². The van der Waals surface area contributed by atoms with Crippen molar-refractivity contribution >= 4 is 29.6 Å². The minimum absolute atomic E-state index is 0.00297. The molecule has 0 bridgehead atoms. The lowest BCUT2D eigenvalue weighted by Gasteiger charge is -2.07. The summed E-state index contributed by atoms with van der Waals surface area (Å²) in [6.07, 6.45) is 0. The Bertz CT molecular complexity index is 673. The second kappa shape index (κ2) is 7.08. The lowest BCUT2D eigenvalue weighted by Crippen LogP contribution is -2.12. The van der Waals surface area contributed by atoms with E-state index in [1.54, 1.807) is 0 Å². The molecule has 0 saturated carbocycles. The summed E-state index contributed by atoms with van der Waals surface area (Å²) in [5, 5.41) is 0. The Morgan fingerprint density at radius 2 is 1.86 bits per heavy atom. The van der Waals surface area contributed by atoms with Crippen molar-refractivity contribution in [2.45, 2.75) is 25.3 Å². The topological polar surface area (TPSA) is 117 Å². The highest BCUT2D eigenvalue weighted by atomic mass is 32.2. The van der Waals surface area contributed by atoms with Crippen LogP contribution in [0.1, 0.15) is 17.0 Å². The van der Waals surface area contributed by atoms with E-state index in [1.165, 1.54) is 17.3 Å². The lowest BCUT2D eigenvalue weighted by molar-refractivity contribution is -0.141. The van der Waals surface area contributed by atoms with Gasteiger partial charge in [-0.25, -0.2) is 0 Å². The molecule has 0 aliphatic heterocycles. The number of rotatable bonds is 5. The van der Waals surface area contributed by atoms with Crippen molar-refractivity contribution in [2.75, 3.05) is 17.2 Å². The Morgan fingerprint density at radius 3 is 2.50 bits per heavy atom. The molecule has 1 heterocycles. The van der Waals surface area contributed by atoms with E-state index >= 15 is 0 Å². The third kappa shape index (κ3) is 4.59. The molecule has 22 heavy (non-hydrogen) atoms. The molecule has 2 aromatic rings. The first-order valence-electron chi connectivity index (χ1n) is 6.55. The zero-order chi connectivity index (χ0) is 16.1. The average molecular weight is 319 g/mol. The van der Waals surface area contributed by atoms with Crippen LogP contribution < -0.4 is 11.5 Å². The smallest absolute Gasteiger partial charge is 0.316 e. The average Bonchev–Trinajstić information content (AvgIpc) is 2.43. The van der Waals surface area contributed by atoms with Crippen molar-refractivity contribution in [1.82, 2.24) is 15.0 Å². The van der Waals surface area contributed by atoms with Crippen LogP contribution in [0.25, 0.3) is 0 Å². The molecule has 0 aliphatic rings. The standard InChI is InChI=1S/C14H17N5O2S/c1-8-3-4-10(9(2)5-8)22-7-12(20)21-6-11-17-13(15)19-14(16)18-11/h3-5H,6-7H2,1-2H3,(H4,15,16,17,18,19). The maximum Gasteiger partial charge on any atom is 0.316 e. The second-order valence-corrected chi connectivity index (χ2v) is 5.70. The van der Waals surface area contributed by atoms with Crippen molar-refractivity contribution in [3.8, 4) is 0 Å². The first-order chi connectivity index (χ1) is 10.4. The maximum absolute atomic E-state index is 11.8. The molecule has 0 saturated heterocycles. The fourth-order valence-electron chi connectivity index (χ4n) is 1.81. The summed E-state index contributed by atoms with van der Waals surface area (Å²) in [5.41, 5.74) is 13.2. The van der Waals surface area contributed by atoms with Crippen LogP contribution in [0.3, 0.4) is 0 Å². The van der Waals surface area contributed by atoms with Crippen molar-refractivity contribution in [1.29, 1.82) is 0 Å². The molecule has 0 atom stereocenters. The number of benzene rings is 1. The highest BCUT2D eigenvalue weighted by Gasteiger charge is 2.09. The highest BCUT2D eigenvalue weighted by Crippen LogP contribution is 2.23. The van der Waals surface area contributed by atoms with Crippen molar-refractivity contribution in [2.24, 2.45) is 0 Å². The number of aromatic nitrogens is 3. The Kier molecular flexibility index (Phi) is 5.16. The van der Waals surface area contributed by atoms with Crippen LogP contribution in [-0.2, 0) is 16.1 Å². The fourth-order valence-corrected chi connectivity index (χ4v) is 2.61. The van der Waals surface area contributed by atoms with Gasteiger partial charge in [-0.1, -0.05) is 17.7 Å². The molecule has 8 heteroatoms. The summed E-state index contributed by atoms with van der Waals surface area (Å²) in [4.78, 5) is 24.1. The number of carbonyl (C=O) groups excluding carboxylic acids is 1. The van der Waals surface area contributed by atoms with Gasteiger partial charge in [0.15, 0.2) is 12.4 Å². The first kappa shape index (κ1) is 16.0. The lowest BCUT2D eigenvalue weighted by atomic mass is 10.2. The van der Waals surface area contributed by atoms with Crippen LogP contribution in [0.2, 0.25) is 0 Å². The van der Waals surface area contributed by atoms with E-state index in [-0.39, 0.29) is 36.1 Å². The number of nitrogen functional groups attached to an aromatic ring is 2. The molecule has 2 rings (SSSR count). The summed E-state index contributed by atoms with van der Waals surface area (Å²) < 4.78 is 5.10. The molecule has 116 valence electrons. The number of nitrogens with zero attached hydrogens (tertiary/aromatic N) is 3. The zero-order valence-corrected chi connectivity index (χ0v) is 13.2. The quantitative estimate of drug-likeness (QED) is 0.629. The van der Waals surface area contributed by atoms with Gasteiger partial charge in [0.1, 0.15) is 0 Å². The summed E-state index contributed by atoms with van der Waals surface area (Å²) >= 11 is 1.43. The predicted molar refractivity (Wildman–Crippen MR) is 85.1 cm³/mol. The number of esters is 1. The number of nitrogens with two attached hydrogens (primary N) is 2. The Morgan fingerprint density at radius 1 is 1.18 bits per heavy atom. The second-order valence-electron chi connectivity index (χ2n) is 4.69. The Hall–Kier alpha value is -2.35. The molecular weight excluding hydrogens is 302 g/mol. The van der Waals surface area contributed by atoms with E-state index < -0.39 is 0 Å². The molecule has 0 unspecified atom stereocenters. The molecule has 0 spiro atoms. The fraction of sp³-hybridized carbons (Fsp3) is 0.286. The van der Waals surface area contributed by atoms with Gasteiger partial charge in [-0.2, -0.15) is 15.0 Å². The molecule has 0 aliphatic carbocycles. The molecule has 0 radical (unpaired) electrons. The minimum Gasteiger partial charge on any atom is -0.457 e. The molecule has 1 aromatic carbocycles. The molecule has 4 N–H and O–H groups in total. The van der Waals surface area contributed by atoms with Gasteiger partial charge in [-0.15, -0.1) is 11.8 Å². The summed E-state index contributed by atoms with van der Waals surface area (Å²) in [7, 11) is 0. The first-order valence-corrected chi connectivity index (χ1v) is 7.54. The maximum atomic E-state index is 11.8. The number of carbonyl (C=O) groups is 1. The van der Waals surface area contributed by atoms with Crippen LogP contribution in [0.5, 0.6) is 0 Å². The van der Waals surface area contributed by atoms with Crippen LogP contribution >= 0.6 is 11.8 Å². The van der Waals surface area contributed by atoms with Crippen LogP contribution in [0, 0.1) is 13.8 Å². The van der Waals surface area contributed by atoms with Crippen LogP contribution in [0.4, 0.5) is 11.9 Å². The third-order valence-electron chi connectivity index (χ3n) is 2.75.